The van der Waals surface area contributed by atoms with E-state index in [1.165, 1.54) is 11.3 Å². The number of halogens is 2. The number of carbonyl (C=O) groups is 1. The fourth-order valence-corrected chi connectivity index (χ4v) is 2.98. The van der Waals surface area contributed by atoms with Crippen LogP contribution in [0, 0.1) is 0 Å². The summed E-state index contributed by atoms with van der Waals surface area (Å²) >= 11 is 10.7. The maximum absolute atomic E-state index is 10.6. The highest BCUT2D eigenvalue weighted by Crippen LogP contribution is 2.27. The lowest BCUT2D eigenvalue weighted by molar-refractivity contribution is 0.209. The monoisotopic (exact) mass is 360 g/mol. The highest BCUT2D eigenvalue weighted by atomic mass is 79.9. The normalized spacial score (nSPS) is 10.2. The van der Waals surface area contributed by atoms with Gasteiger partial charge in [0, 0.05) is 21.6 Å². The smallest absolute Gasteiger partial charge is 0.409 e. The molecule has 0 saturated carbocycles. The molecule has 0 atom stereocenters. The third-order valence-corrected chi connectivity index (χ3v) is 4.19. The molecule has 0 aliphatic heterocycles. The molecule has 0 unspecified atom stereocenters. The van der Waals surface area contributed by atoms with Crippen LogP contribution >= 0.6 is 38.9 Å². The van der Waals surface area contributed by atoms with Crippen LogP contribution in [0.2, 0.25) is 4.34 Å². The number of benzene rings is 1. The van der Waals surface area contributed by atoms with Crippen molar-refractivity contribution >= 4 is 56.3 Å². The van der Waals surface area contributed by atoms with Crippen molar-refractivity contribution in [1.82, 2.24) is 0 Å². The van der Waals surface area contributed by atoms with Crippen LogP contribution in [-0.2, 0) is 6.54 Å². The van der Waals surface area contributed by atoms with Crippen molar-refractivity contribution in [3.63, 3.8) is 0 Å². The Hall–Kier alpha value is -1.24. The zero-order chi connectivity index (χ0) is 13.8. The lowest BCUT2D eigenvalue weighted by Gasteiger charge is -2.08. The molecule has 1 amide bonds. The minimum Gasteiger partial charge on any atom is -0.465 e. The predicted octanol–water partition coefficient (Wildman–Crippen LogP) is 4.87. The van der Waals surface area contributed by atoms with Crippen molar-refractivity contribution < 1.29 is 9.90 Å². The summed E-state index contributed by atoms with van der Waals surface area (Å²) in [5.74, 6) is 0. The summed E-state index contributed by atoms with van der Waals surface area (Å²) < 4.78 is 1.45. The summed E-state index contributed by atoms with van der Waals surface area (Å²) in [6.07, 6.45) is -1.09. The van der Waals surface area contributed by atoms with Crippen LogP contribution in [0.5, 0.6) is 0 Å². The molecule has 0 aliphatic rings. The Bertz CT molecular complexity index is 603. The molecule has 2 aromatic rings. The Morgan fingerprint density at radius 3 is 2.74 bits per heavy atom. The zero-order valence-electron chi connectivity index (χ0n) is 9.61. The van der Waals surface area contributed by atoms with E-state index in [-0.39, 0.29) is 0 Å². The van der Waals surface area contributed by atoms with E-state index >= 15 is 0 Å². The average Bonchev–Trinajstić information content (AvgIpc) is 2.75. The van der Waals surface area contributed by atoms with Gasteiger partial charge in [0.25, 0.3) is 0 Å². The summed E-state index contributed by atoms with van der Waals surface area (Å²) in [5.41, 5.74) is 1.41. The Morgan fingerprint density at radius 2 is 2.16 bits per heavy atom. The minimum absolute atomic E-state index is 0.511. The molecule has 0 radical (unpaired) electrons. The van der Waals surface area contributed by atoms with Crippen molar-refractivity contribution in [3.8, 4) is 0 Å². The highest BCUT2D eigenvalue weighted by Gasteiger charge is 2.05. The number of hydrogen-bond donors (Lipinski definition) is 3. The van der Waals surface area contributed by atoms with Gasteiger partial charge in [-0.1, -0.05) is 11.6 Å². The Labute approximate surface area is 127 Å². The van der Waals surface area contributed by atoms with Crippen LogP contribution in [0.1, 0.15) is 4.88 Å². The number of thiophene rings is 1. The third-order valence-electron chi connectivity index (χ3n) is 2.31. The lowest BCUT2D eigenvalue weighted by Crippen LogP contribution is -2.08. The first-order valence-corrected chi connectivity index (χ1v) is 7.31. The molecule has 0 bridgehead atoms. The second-order valence-electron chi connectivity index (χ2n) is 3.68. The molecule has 19 heavy (non-hydrogen) atoms. The quantitative estimate of drug-likeness (QED) is 0.728. The van der Waals surface area contributed by atoms with Crippen molar-refractivity contribution in [3.05, 3.63) is 44.0 Å². The van der Waals surface area contributed by atoms with Crippen LogP contribution in [-0.4, -0.2) is 11.2 Å². The first-order valence-electron chi connectivity index (χ1n) is 5.32. The van der Waals surface area contributed by atoms with E-state index in [9.17, 15) is 4.79 Å². The predicted molar refractivity (Wildman–Crippen MR) is 82.4 cm³/mol. The van der Waals surface area contributed by atoms with E-state index in [0.717, 1.165) is 14.9 Å². The molecule has 100 valence electrons. The summed E-state index contributed by atoms with van der Waals surface area (Å²) in [5, 5.41) is 14.2. The summed E-state index contributed by atoms with van der Waals surface area (Å²) in [6, 6.07) is 9.15. The van der Waals surface area contributed by atoms with Crippen molar-refractivity contribution in [2.45, 2.75) is 6.54 Å². The fourth-order valence-electron chi connectivity index (χ4n) is 1.48. The first-order chi connectivity index (χ1) is 9.04. The highest BCUT2D eigenvalue weighted by molar-refractivity contribution is 9.10. The van der Waals surface area contributed by atoms with Crippen LogP contribution in [0.4, 0.5) is 16.2 Å². The Kier molecular flexibility index (Phi) is 4.68. The molecule has 4 nitrogen and oxygen atoms in total. The number of rotatable bonds is 4. The molecule has 7 heteroatoms. The third kappa shape index (κ3) is 4.12. The van der Waals surface area contributed by atoms with E-state index in [0.29, 0.717) is 16.7 Å². The molecule has 1 aromatic carbocycles. The van der Waals surface area contributed by atoms with Crippen LogP contribution < -0.4 is 10.6 Å². The van der Waals surface area contributed by atoms with E-state index in [1.807, 2.05) is 24.3 Å². The molecular weight excluding hydrogens is 352 g/mol. The van der Waals surface area contributed by atoms with Gasteiger partial charge >= 0.3 is 6.09 Å². The van der Waals surface area contributed by atoms with Gasteiger partial charge < -0.3 is 10.4 Å². The van der Waals surface area contributed by atoms with Crippen molar-refractivity contribution in [2.75, 3.05) is 10.6 Å². The maximum Gasteiger partial charge on any atom is 0.409 e. The van der Waals surface area contributed by atoms with E-state index < -0.39 is 6.09 Å². The number of hydrogen-bond acceptors (Lipinski definition) is 3. The number of carboxylic acid groups (broad SMARTS) is 1. The number of amides is 1. The zero-order valence-corrected chi connectivity index (χ0v) is 12.8. The molecule has 1 aromatic heterocycles. The van der Waals surface area contributed by atoms with Gasteiger partial charge in [-0.15, -0.1) is 11.3 Å². The van der Waals surface area contributed by atoms with Crippen molar-refractivity contribution in [1.29, 1.82) is 0 Å². The van der Waals surface area contributed by atoms with E-state index in [4.69, 9.17) is 16.7 Å². The standard InChI is InChI=1S/C12H10BrClN2O2S/c13-9-5-7(1-3-10(9)16-12(17)18)15-6-8-2-4-11(14)19-8/h1-5,15-16H,6H2,(H,17,18). The molecule has 0 spiro atoms. The van der Waals surface area contributed by atoms with Crippen LogP contribution in [0.15, 0.2) is 34.8 Å². The number of anilines is 2. The molecule has 3 N–H and O–H groups in total. The van der Waals surface area contributed by atoms with Gasteiger partial charge in [0.1, 0.15) is 0 Å². The Morgan fingerprint density at radius 1 is 1.37 bits per heavy atom. The molecule has 0 saturated heterocycles. The van der Waals surface area contributed by atoms with Crippen molar-refractivity contribution in [2.24, 2.45) is 0 Å². The molecule has 0 aliphatic carbocycles. The van der Waals surface area contributed by atoms with Gasteiger partial charge in [-0.2, -0.15) is 0 Å². The SMILES string of the molecule is O=C(O)Nc1ccc(NCc2ccc(Cl)s2)cc1Br. The average molecular weight is 362 g/mol. The molecule has 0 fully saturated rings. The van der Waals surface area contributed by atoms with Gasteiger partial charge in [-0.25, -0.2) is 4.79 Å². The summed E-state index contributed by atoms with van der Waals surface area (Å²) in [6.45, 7) is 0.676. The second-order valence-corrected chi connectivity index (χ2v) is 6.34. The lowest BCUT2D eigenvalue weighted by atomic mass is 10.2. The van der Waals surface area contributed by atoms with E-state index in [2.05, 4.69) is 26.6 Å². The summed E-state index contributed by atoms with van der Waals surface area (Å²) in [4.78, 5) is 11.7. The molecular formula is C12H10BrClN2O2S. The Balaban J connectivity index is 2.01. The first kappa shape index (κ1) is 14.2. The van der Waals surface area contributed by atoms with Gasteiger partial charge in [0.2, 0.25) is 0 Å². The minimum atomic E-state index is -1.09. The number of nitrogens with one attached hydrogen (secondary N) is 2. The maximum atomic E-state index is 10.6. The molecule has 2 rings (SSSR count). The van der Waals surface area contributed by atoms with Crippen LogP contribution in [0.3, 0.4) is 0 Å². The second kappa shape index (κ2) is 6.27. The van der Waals surface area contributed by atoms with Gasteiger partial charge in [0.05, 0.1) is 10.0 Å². The van der Waals surface area contributed by atoms with Gasteiger partial charge in [-0.3, -0.25) is 5.32 Å². The van der Waals surface area contributed by atoms with Gasteiger partial charge in [0.15, 0.2) is 0 Å². The topological polar surface area (TPSA) is 61.4 Å². The van der Waals surface area contributed by atoms with Gasteiger partial charge in [-0.05, 0) is 46.3 Å². The largest absolute Gasteiger partial charge is 0.465 e. The summed E-state index contributed by atoms with van der Waals surface area (Å²) in [7, 11) is 0. The van der Waals surface area contributed by atoms with Crippen LogP contribution in [0.25, 0.3) is 0 Å². The van der Waals surface area contributed by atoms with E-state index in [1.54, 1.807) is 6.07 Å². The molecule has 1 heterocycles. The fraction of sp³-hybridized carbons (Fsp3) is 0.0833.